The maximum atomic E-state index is 9.82. The van der Waals surface area contributed by atoms with Gasteiger partial charge in [0.15, 0.2) is 10.6 Å². The fraction of sp³-hybridized carbons (Fsp3) is 0.667. The molecule has 5 nitrogen and oxygen atoms in total. The lowest BCUT2D eigenvalue weighted by Crippen LogP contribution is -2.37. The van der Waals surface area contributed by atoms with Crippen LogP contribution in [-0.2, 0) is 12.1 Å². The number of nitrogens with zero attached hydrogens (tertiary/aromatic N) is 4. The summed E-state index contributed by atoms with van der Waals surface area (Å²) in [5.74, 6) is 1.00. The molecule has 2 aliphatic rings. The van der Waals surface area contributed by atoms with E-state index in [1.807, 2.05) is 4.68 Å². The average molecular weight is 429 g/mol. The molecule has 164 valence electrons. The van der Waals surface area contributed by atoms with E-state index in [2.05, 4.69) is 54.5 Å². The zero-order chi connectivity index (χ0) is 21.3. The Labute approximate surface area is 185 Å². The second-order valence-corrected chi connectivity index (χ2v) is 10.5. The molecule has 0 amide bonds. The third-order valence-electron chi connectivity index (χ3n) is 6.71. The summed E-state index contributed by atoms with van der Waals surface area (Å²) in [7, 11) is 0. The van der Waals surface area contributed by atoms with Gasteiger partial charge in [0.1, 0.15) is 0 Å². The van der Waals surface area contributed by atoms with Gasteiger partial charge in [0, 0.05) is 24.7 Å². The van der Waals surface area contributed by atoms with Crippen molar-refractivity contribution in [1.82, 2.24) is 19.2 Å². The van der Waals surface area contributed by atoms with Crippen molar-refractivity contribution >= 4 is 12.2 Å². The quantitative estimate of drug-likeness (QED) is 0.672. The van der Waals surface area contributed by atoms with Crippen molar-refractivity contribution in [3.63, 3.8) is 0 Å². The number of likely N-dealkylation sites (tertiary alicyclic amines) is 1. The van der Waals surface area contributed by atoms with Gasteiger partial charge in [-0.2, -0.15) is 5.10 Å². The molecular formula is C24H36N4OS. The highest BCUT2D eigenvalue weighted by Gasteiger charge is 2.24. The Balaban J connectivity index is 1.68. The first-order valence-corrected chi connectivity index (χ1v) is 11.9. The van der Waals surface area contributed by atoms with Crippen LogP contribution in [0, 0.1) is 4.77 Å². The number of hydrogen-bond donors (Lipinski definition) is 1. The number of aliphatic hydroxyl groups excluding tert-OH is 1. The Hall–Kier alpha value is -1.50. The van der Waals surface area contributed by atoms with Crippen molar-refractivity contribution in [1.29, 1.82) is 0 Å². The Kier molecular flexibility index (Phi) is 6.47. The number of aliphatic hydroxyl groups is 1. The molecule has 6 heteroatoms. The predicted octanol–water partition coefficient (Wildman–Crippen LogP) is 5.30. The van der Waals surface area contributed by atoms with Crippen molar-refractivity contribution in [2.75, 3.05) is 13.1 Å². The van der Waals surface area contributed by atoms with Gasteiger partial charge in [-0.25, -0.2) is 4.68 Å². The molecule has 0 bridgehead atoms. The van der Waals surface area contributed by atoms with Crippen LogP contribution in [0.3, 0.4) is 0 Å². The van der Waals surface area contributed by atoms with Crippen LogP contribution in [0.15, 0.2) is 24.3 Å². The summed E-state index contributed by atoms with van der Waals surface area (Å²) >= 11 is 5.96. The van der Waals surface area contributed by atoms with Crippen LogP contribution in [0.2, 0.25) is 0 Å². The Morgan fingerprint density at radius 1 is 1.00 bits per heavy atom. The van der Waals surface area contributed by atoms with Crippen molar-refractivity contribution in [2.24, 2.45) is 0 Å². The number of aromatic nitrogens is 3. The smallest absolute Gasteiger partial charge is 0.199 e. The highest BCUT2D eigenvalue weighted by molar-refractivity contribution is 7.71. The van der Waals surface area contributed by atoms with Crippen LogP contribution in [0.5, 0.6) is 0 Å². The van der Waals surface area contributed by atoms with E-state index in [-0.39, 0.29) is 11.5 Å². The van der Waals surface area contributed by atoms with Crippen LogP contribution in [0.25, 0.3) is 11.4 Å². The molecule has 2 aromatic rings. The van der Waals surface area contributed by atoms with Crippen LogP contribution in [0.1, 0.15) is 77.3 Å². The number of piperidine rings is 1. The maximum Gasteiger partial charge on any atom is 0.199 e. The second kappa shape index (κ2) is 8.93. The number of rotatable bonds is 4. The zero-order valence-electron chi connectivity index (χ0n) is 18.7. The largest absolute Gasteiger partial charge is 0.393 e. The molecule has 1 saturated heterocycles. The molecule has 0 atom stereocenters. The van der Waals surface area contributed by atoms with Gasteiger partial charge >= 0.3 is 0 Å². The third kappa shape index (κ3) is 4.71. The van der Waals surface area contributed by atoms with Crippen LogP contribution in [0.4, 0.5) is 0 Å². The molecular weight excluding hydrogens is 392 g/mol. The van der Waals surface area contributed by atoms with Crippen molar-refractivity contribution in [2.45, 2.75) is 89.9 Å². The van der Waals surface area contributed by atoms with E-state index in [4.69, 9.17) is 17.3 Å². The Morgan fingerprint density at radius 2 is 1.63 bits per heavy atom. The van der Waals surface area contributed by atoms with E-state index in [1.54, 1.807) is 0 Å². The summed E-state index contributed by atoms with van der Waals surface area (Å²) < 4.78 is 5.18. The van der Waals surface area contributed by atoms with Gasteiger partial charge in [-0.05, 0) is 48.9 Å². The third-order valence-corrected chi connectivity index (χ3v) is 7.12. The first kappa shape index (κ1) is 21.7. The van der Waals surface area contributed by atoms with Gasteiger partial charge in [-0.3, -0.25) is 9.47 Å². The van der Waals surface area contributed by atoms with E-state index in [0.29, 0.717) is 12.7 Å². The Bertz CT molecular complexity index is 895. The standard InChI is InChI=1S/C24H36N4OS/c1-24(2,3)19-11-9-18(10-12-19)22-25-27(17-26-15-13-21(29)14-16-26)23(30)28(22)20-7-5-4-6-8-20/h9-12,20-21,29H,4-8,13-17H2,1-3H3. The lowest BCUT2D eigenvalue weighted by atomic mass is 9.86. The second-order valence-electron chi connectivity index (χ2n) is 10.1. The summed E-state index contributed by atoms with van der Waals surface area (Å²) in [6.07, 6.45) is 7.73. The van der Waals surface area contributed by atoms with E-state index in [0.717, 1.165) is 42.1 Å². The van der Waals surface area contributed by atoms with Crippen molar-refractivity contribution < 1.29 is 5.11 Å². The minimum absolute atomic E-state index is 0.138. The number of benzene rings is 1. The summed E-state index contributed by atoms with van der Waals surface area (Å²) in [5.41, 5.74) is 2.62. The fourth-order valence-electron chi connectivity index (χ4n) is 4.75. The normalized spacial score (nSPS) is 20.0. The lowest BCUT2D eigenvalue weighted by molar-refractivity contribution is 0.0650. The highest BCUT2D eigenvalue weighted by atomic mass is 32.1. The zero-order valence-corrected chi connectivity index (χ0v) is 19.5. The van der Waals surface area contributed by atoms with E-state index in [1.165, 1.54) is 37.7 Å². The fourth-order valence-corrected chi connectivity index (χ4v) is 5.08. The molecule has 4 rings (SSSR count). The van der Waals surface area contributed by atoms with E-state index in [9.17, 15) is 5.11 Å². The molecule has 0 unspecified atom stereocenters. The van der Waals surface area contributed by atoms with Gasteiger partial charge in [0.25, 0.3) is 0 Å². The molecule has 2 heterocycles. The first-order chi connectivity index (χ1) is 14.3. The molecule has 30 heavy (non-hydrogen) atoms. The summed E-state index contributed by atoms with van der Waals surface area (Å²) in [5, 5.41) is 14.9. The molecule has 1 aliphatic heterocycles. The summed E-state index contributed by atoms with van der Waals surface area (Å²) in [4.78, 5) is 2.35. The van der Waals surface area contributed by atoms with E-state index >= 15 is 0 Å². The molecule has 2 fully saturated rings. The molecule has 1 saturated carbocycles. The topological polar surface area (TPSA) is 46.2 Å². The number of hydrogen-bond acceptors (Lipinski definition) is 4. The van der Waals surface area contributed by atoms with Crippen molar-refractivity contribution in [3.05, 3.63) is 34.6 Å². The molecule has 0 radical (unpaired) electrons. The first-order valence-electron chi connectivity index (χ1n) is 11.5. The molecule has 0 spiro atoms. The molecule has 1 aromatic heterocycles. The van der Waals surface area contributed by atoms with Crippen LogP contribution < -0.4 is 0 Å². The van der Waals surface area contributed by atoms with Gasteiger partial charge in [-0.1, -0.05) is 64.3 Å². The maximum absolute atomic E-state index is 9.82. The minimum atomic E-state index is -0.161. The molecule has 1 N–H and O–H groups in total. The monoisotopic (exact) mass is 428 g/mol. The van der Waals surface area contributed by atoms with Gasteiger partial charge < -0.3 is 5.11 Å². The lowest BCUT2D eigenvalue weighted by Gasteiger charge is -2.29. The van der Waals surface area contributed by atoms with Crippen LogP contribution >= 0.6 is 12.2 Å². The van der Waals surface area contributed by atoms with Crippen LogP contribution in [-0.4, -0.2) is 43.5 Å². The Morgan fingerprint density at radius 3 is 2.23 bits per heavy atom. The average Bonchev–Trinajstić information content (AvgIpc) is 3.06. The minimum Gasteiger partial charge on any atom is -0.393 e. The molecule has 1 aromatic carbocycles. The predicted molar refractivity (Wildman–Crippen MR) is 124 cm³/mol. The van der Waals surface area contributed by atoms with Gasteiger partial charge in [-0.15, -0.1) is 0 Å². The highest BCUT2D eigenvalue weighted by Crippen LogP contribution is 2.33. The summed E-state index contributed by atoms with van der Waals surface area (Å²) in [6.45, 7) is 9.24. The summed E-state index contributed by atoms with van der Waals surface area (Å²) in [6, 6.07) is 9.32. The van der Waals surface area contributed by atoms with Gasteiger partial charge in [0.05, 0.1) is 12.8 Å². The van der Waals surface area contributed by atoms with Crippen molar-refractivity contribution in [3.8, 4) is 11.4 Å². The SMILES string of the molecule is CC(C)(C)c1ccc(-c2nn(CN3CCC(O)CC3)c(=S)n2C2CCCCC2)cc1. The van der Waals surface area contributed by atoms with E-state index < -0.39 is 0 Å². The molecule has 1 aliphatic carbocycles. The van der Waals surface area contributed by atoms with Gasteiger partial charge in [0.2, 0.25) is 0 Å².